The van der Waals surface area contributed by atoms with Crippen LogP contribution in [0.5, 0.6) is 0 Å². The quantitative estimate of drug-likeness (QED) is 0.183. The van der Waals surface area contributed by atoms with Crippen LogP contribution in [0.15, 0.2) is 170 Å². The van der Waals surface area contributed by atoms with Gasteiger partial charge in [0.05, 0.1) is 11.0 Å². The predicted molar refractivity (Wildman–Crippen MR) is 203 cm³/mol. The Kier molecular flexibility index (Phi) is 6.15. The van der Waals surface area contributed by atoms with Crippen molar-refractivity contribution in [3.8, 4) is 39.9 Å². The average molecular weight is 625 g/mol. The maximum atomic E-state index is 5.03. The molecular formula is C45H28N4. The second-order valence-electron chi connectivity index (χ2n) is 12.4. The summed E-state index contributed by atoms with van der Waals surface area (Å²) in [4.78, 5) is 15.0. The van der Waals surface area contributed by atoms with Gasteiger partial charge in [-0.2, -0.15) is 0 Å². The minimum absolute atomic E-state index is 0.651. The Morgan fingerprint density at radius 3 is 1.47 bits per heavy atom. The SMILES string of the molecule is c1ccc(-c2nc(-c3ccccc3)nc(-c3ccc4c(c3)c3ccccc3c3c4ccc4c5ccccc5n(-c5ccccc5)c43)n2)cc1. The zero-order valence-electron chi connectivity index (χ0n) is 26.5. The zero-order chi connectivity index (χ0) is 32.3. The first-order valence-electron chi connectivity index (χ1n) is 16.5. The van der Waals surface area contributed by atoms with Crippen LogP contribution in [0.25, 0.3) is 94.0 Å². The number of benzene rings is 8. The van der Waals surface area contributed by atoms with Crippen molar-refractivity contribution < 1.29 is 0 Å². The van der Waals surface area contributed by atoms with Crippen molar-refractivity contribution in [3.05, 3.63) is 170 Å². The number of fused-ring (bicyclic) bond motifs is 10. The molecule has 10 aromatic rings. The number of nitrogens with zero attached hydrogens (tertiary/aromatic N) is 4. The van der Waals surface area contributed by atoms with Crippen molar-refractivity contribution in [2.45, 2.75) is 0 Å². The molecule has 0 atom stereocenters. The molecule has 0 amide bonds. The second-order valence-corrected chi connectivity index (χ2v) is 12.4. The monoisotopic (exact) mass is 624 g/mol. The summed E-state index contributed by atoms with van der Waals surface area (Å²) in [6, 6.07) is 59.7. The lowest BCUT2D eigenvalue weighted by atomic mass is 9.91. The summed E-state index contributed by atoms with van der Waals surface area (Å²) in [5, 5.41) is 9.77. The van der Waals surface area contributed by atoms with E-state index in [1.807, 2.05) is 60.7 Å². The van der Waals surface area contributed by atoms with Gasteiger partial charge in [-0.05, 0) is 51.2 Å². The van der Waals surface area contributed by atoms with Gasteiger partial charge in [0.1, 0.15) is 0 Å². The Bertz CT molecular complexity index is 2780. The summed E-state index contributed by atoms with van der Waals surface area (Å²) in [5.74, 6) is 1.96. The van der Waals surface area contributed by atoms with E-state index in [9.17, 15) is 0 Å². The Morgan fingerprint density at radius 1 is 0.327 bits per heavy atom. The van der Waals surface area contributed by atoms with E-state index in [1.165, 1.54) is 54.1 Å². The van der Waals surface area contributed by atoms with Gasteiger partial charge in [0.15, 0.2) is 17.5 Å². The van der Waals surface area contributed by atoms with Crippen LogP contribution in [0.3, 0.4) is 0 Å². The molecule has 0 saturated heterocycles. The standard InChI is InChI=1S/C45H28N4/c1-4-14-29(15-5-1)43-46-44(30-16-6-2-7-17-30)48-45(47-43)31-24-25-34-37-26-27-38-35-21-12-13-23-40(35)49(32-18-8-3-9-19-32)42(38)41(37)36-22-11-10-20-33(36)39(34)28-31/h1-28H. The smallest absolute Gasteiger partial charge is 0.164 e. The van der Waals surface area contributed by atoms with Gasteiger partial charge >= 0.3 is 0 Å². The summed E-state index contributed by atoms with van der Waals surface area (Å²) < 4.78 is 2.43. The van der Waals surface area contributed by atoms with E-state index in [2.05, 4.69) is 114 Å². The molecule has 8 aromatic carbocycles. The molecule has 0 aliphatic rings. The van der Waals surface area contributed by atoms with Gasteiger partial charge in [0, 0.05) is 38.5 Å². The highest BCUT2D eigenvalue weighted by atomic mass is 15.0. The molecule has 49 heavy (non-hydrogen) atoms. The molecule has 0 aliphatic heterocycles. The zero-order valence-corrected chi connectivity index (χ0v) is 26.5. The first kappa shape index (κ1) is 27.5. The summed E-state index contributed by atoms with van der Waals surface area (Å²) >= 11 is 0. The molecule has 0 radical (unpaired) electrons. The Hall–Kier alpha value is -6.65. The van der Waals surface area contributed by atoms with Crippen LogP contribution < -0.4 is 0 Å². The molecular weight excluding hydrogens is 597 g/mol. The van der Waals surface area contributed by atoms with Crippen LogP contribution in [-0.2, 0) is 0 Å². The second kappa shape index (κ2) is 11.0. The van der Waals surface area contributed by atoms with Crippen molar-refractivity contribution in [1.29, 1.82) is 0 Å². The Labute approximate surface area is 282 Å². The van der Waals surface area contributed by atoms with E-state index in [0.29, 0.717) is 17.5 Å². The number of rotatable bonds is 4. The maximum absolute atomic E-state index is 5.03. The largest absolute Gasteiger partial charge is 0.309 e. The highest BCUT2D eigenvalue weighted by Gasteiger charge is 2.19. The molecule has 0 bridgehead atoms. The summed E-state index contributed by atoms with van der Waals surface area (Å²) in [6.07, 6.45) is 0. The Morgan fingerprint density at radius 2 is 0.796 bits per heavy atom. The number of hydrogen-bond acceptors (Lipinski definition) is 3. The van der Waals surface area contributed by atoms with E-state index in [1.54, 1.807) is 0 Å². The van der Waals surface area contributed by atoms with Gasteiger partial charge in [-0.3, -0.25) is 0 Å². The van der Waals surface area contributed by atoms with E-state index >= 15 is 0 Å². The molecule has 0 saturated carbocycles. The third-order valence-electron chi connectivity index (χ3n) is 9.60. The average Bonchev–Trinajstić information content (AvgIpc) is 3.53. The minimum Gasteiger partial charge on any atom is -0.309 e. The van der Waals surface area contributed by atoms with Gasteiger partial charge in [0.25, 0.3) is 0 Å². The predicted octanol–water partition coefficient (Wildman–Crippen LogP) is 11.4. The third-order valence-corrected chi connectivity index (χ3v) is 9.60. The third kappa shape index (κ3) is 4.35. The summed E-state index contributed by atoms with van der Waals surface area (Å²) in [6.45, 7) is 0. The van der Waals surface area contributed by atoms with Crippen LogP contribution in [-0.4, -0.2) is 19.5 Å². The molecule has 0 N–H and O–H groups in total. The van der Waals surface area contributed by atoms with Gasteiger partial charge in [-0.15, -0.1) is 0 Å². The van der Waals surface area contributed by atoms with E-state index in [-0.39, 0.29) is 0 Å². The van der Waals surface area contributed by atoms with Crippen LogP contribution in [0, 0.1) is 0 Å². The van der Waals surface area contributed by atoms with Crippen molar-refractivity contribution in [1.82, 2.24) is 19.5 Å². The first-order chi connectivity index (χ1) is 24.3. The topological polar surface area (TPSA) is 43.6 Å². The molecule has 4 nitrogen and oxygen atoms in total. The van der Waals surface area contributed by atoms with Crippen molar-refractivity contribution in [3.63, 3.8) is 0 Å². The van der Waals surface area contributed by atoms with Gasteiger partial charge in [-0.25, -0.2) is 15.0 Å². The van der Waals surface area contributed by atoms with Gasteiger partial charge in [-0.1, -0.05) is 146 Å². The normalized spacial score (nSPS) is 11.7. The molecule has 0 aliphatic carbocycles. The molecule has 2 heterocycles. The van der Waals surface area contributed by atoms with Crippen molar-refractivity contribution in [2.75, 3.05) is 0 Å². The van der Waals surface area contributed by atoms with E-state index in [4.69, 9.17) is 15.0 Å². The van der Waals surface area contributed by atoms with Gasteiger partial charge < -0.3 is 4.57 Å². The fraction of sp³-hybridized carbons (Fsp3) is 0. The lowest BCUT2D eigenvalue weighted by molar-refractivity contribution is 1.07. The van der Waals surface area contributed by atoms with Crippen molar-refractivity contribution >= 4 is 54.1 Å². The molecule has 0 spiro atoms. The van der Waals surface area contributed by atoms with Gasteiger partial charge in [0.2, 0.25) is 0 Å². The molecule has 2 aromatic heterocycles. The summed E-state index contributed by atoms with van der Waals surface area (Å²) in [7, 11) is 0. The maximum Gasteiger partial charge on any atom is 0.164 e. The number of hydrogen-bond donors (Lipinski definition) is 0. The number of para-hydroxylation sites is 2. The highest BCUT2D eigenvalue weighted by Crippen LogP contribution is 2.43. The molecule has 228 valence electrons. The molecule has 0 unspecified atom stereocenters. The van der Waals surface area contributed by atoms with Crippen molar-refractivity contribution in [2.24, 2.45) is 0 Å². The summed E-state index contributed by atoms with van der Waals surface area (Å²) in [5.41, 5.74) is 6.45. The molecule has 10 rings (SSSR count). The highest BCUT2D eigenvalue weighted by molar-refractivity contribution is 6.33. The van der Waals surface area contributed by atoms with E-state index in [0.717, 1.165) is 22.4 Å². The van der Waals surface area contributed by atoms with Crippen LogP contribution in [0.2, 0.25) is 0 Å². The van der Waals surface area contributed by atoms with E-state index < -0.39 is 0 Å². The first-order valence-corrected chi connectivity index (χ1v) is 16.5. The minimum atomic E-state index is 0.651. The van der Waals surface area contributed by atoms with Crippen LogP contribution >= 0.6 is 0 Å². The van der Waals surface area contributed by atoms with Crippen LogP contribution in [0.1, 0.15) is 0 Å². The molecule has 0 fully saturated rings. The fourth-order valence-corrected chi connectivity index (χ4v) is 7.41. The van der Waals surface area contributed by atoms with Crippen LogP contribution in [0.4, 0.5) is 0 Å². The molecule has 4 heteroatoms. The lowest BCUT2D eigenvalue weighted by Gasteiger charge is -2.15. The lowest BCUT2D eigenvalue weighted by Crippen LogP contribution is -2.00. The number of aromatic nitrogens is 4. The Balaban J connectivity index is 1.28. The fourth-order valence-electron chi connectivity index (χ4n) is 7.41.